The third-order valence-corrected chi connectivity index (χ3v) is 4.05. The van der Waals surface area contributed by atoms with Crippen LogP contribution in [0.5, 0.6) is 0 Å². The number of aromatic nitrogens is 3. The van der Waals surface area contributed by atoms with Crippen LogP contribution >= 0.6 is 0 Å². The molecule has 0 spiro atoms. The zero-order valence-electron chi connectivity index (χ0n) is 14.1. The first-order chi connectivity index (χ1) is 11.6. The second kappa shape index (κ2) is 6.66. The quantitative estimate of drug-likeness (QED) is 0.797. The number of amides is 1. The van der Waals surface area contributed by atoms with E-state index in [-0.39, 0.29) is 5.91 Å². The average molecular weight is 320 g/mol. The van der Waals surface area contributed by atoms with Crippen LogP contribution in [0.3, 0.4) is 0 Å². The molecule has 0 bridgehead atoms. The van der Waals surface area contributed by atoms with Gasteiger partial charge in [0.25, 0.3) is 5.91 Å². The zero-order chi connectivity index (χ0) is 17.1. The van der Waals surface area contributed by atoms with E-state index in [0.29, 0.717) is 5.56 Å². The van der Waals surface area contributed by atoms with Crippen molar-refractivity contribution in [1.29, 1.82) is 0 Å². The highest BCUT2D eigenvalue weighted by Gasteiger charge is 2.13. The molecule has 0 radical (unpaired) electrons. The Kier molecular flexibility index (Phi) is 4.42. The molecule has 0 aliphatic rings. The van der Waals surface area contributed by atoms with Crippen LogP contribution in [0, 0.1) is 13.8 Å². The van der Waals surface area contributed by atoms with Gasteiger partial charge in [0.15, 0.2) is 0 Å². The van der Waals surface area contributed by atoms with Gasteiger partial charge in [0.1, 0.15) is 12.7 Å². The zero-order valence-corrected chi connectivity index (χ0v) is 14.1. The molecule has 1 aromatic heterocycles. The number of aryl methyl sites for hydroxylation is 3. The molecule has 0 unspecified atom stereocenters. The van der Waals surface area contributed by atoms with Crippen molar-refractivity contribution in [3.05, 3.63) is 71.3 Å². The van der Waals surface area contributed by atoms with Crippen LogP contribution in [-0.2, 0) is 6.42 Å². The Hall–Kier alpha value is -2.95. The lowest BCUT2D eigenvalue weighted by Crippen LogP contribution is -2.14. The van der Waals surface area contributed by atoms with Crippen molar-refractivity contribution >= 4 is 11.6 Å². The summed E-state index contributed by atoms with van der Waals surface area (Å²) >= 11 is 0. The maximum atomic E-state index is 12.5. The van der Waals surface area contributed by atoms with E-state index in [2.05, 4.69) is 28.5 Å². The SMILES string of the molecule is CCc1cc(-n2cnnc2)cc(C)c1NC(=O)c1ccc(C)cc1. The van der Waals surface area contributed by atoms with Gasteiger partial charge in [0.05, 0.1) is 0 Å². The fraction of sp³-hybridized carbons (Fsp3) is 0.211. The third-order valence-electron chi connectivity index (χ3n) is 4.05. The van der Waals surface area contributed by atoms with E-state index in [1.54, 1.807) is 12.7 Å². The first-order valence-electron chi connectivity index (χ1n) is 7.95. The second-order valence-corrected chi connectivity index (χ2v) is 5.84. The van der Waals surface area contributed by atoms with Crippen LogP contribution in [0.1, 0.15) is 34.0 Å². The Labute approximate surface area is 141 Å². The number of hydrogen-bond donors (Lipinski definition) is 1. The molecule has 2 aromatic carbocycles. The summed E-state index contributed by atoms with van der Waals surface area (Å²) in [7, 11) is 0. The van der Waals surface area contributed by atoms with Gasteiger partial charge < -0.3 is 5.32 Å². The molecule has 0 aliphatic carbocycles. The van der Waals surface area contributed by atoms with Crippen molar-refractivity contribution in [2.24, 2.45) is 0 Å². The predicted molar refractivity (Wildman–Crippen MR) is 94.6 cm³/mol. The number of benzene rings is 2. The van der Waals surface area contributed by atoms with Crippen molar-refractivity contribution in [1.82, 2.24) is 14.8 Å². The number of rotatable bonds is 4. The Balaban J connectivity index is 1.93. The van der Waals surface area contributed by atoms with E-state index in [1.807, 2.05) is 48.7 Å². The van der Waals surface area contributed by atoms with Crippen molar-refractivity contribution in [3.63, 3.8) is 0 Å². The van der Waals surface area contributed by atoms with Crippen LogP contribution in [0.15, 0.2) is 49.1 Å². The summed E-state index contributed by atoms with van der Waals surface area (Å²) in [5.74, 6) is -0.0927. The Morgan fingerprint density at radius 2 is 1.75 bits per heavy atom. The lowest BCUT2D eigenvalue weighted by molar-refractivity contribution is 0.102. The number of nitrogens with zero attached hydrogens (tertiary/aromatic N) is 3. The van der Waals surface area contributed by atoms with Gasteiger partial charge in [-0.3, -0.25) is 9.36 Å². The fourth-order valence-electron chi connectivity index (χ4n) is 2.67. The van der Waals surface area contributed by atoms with Gasteiger partial charge in [-0.05, 0) is 55.7 Å². The van der Waals surface area contributed by atoms with Gasteiger partial charge in [-0.2, -0.15) is 0 Å². The molecule has 5 heteroatoms. The molecule has 0 saturated heterocycles. The number of carbonyl (C=O) groups is 1. The molecule has 1 heterocycles. The molecule has 5 nitrogen and oxygen atoms in total. The lowest BCUT2D eigenvalue weighted by atomic mass is 10.0. The summed E-state index contributed by atoms with van der Waals surface area (Å²) in [5, 5.41) is 10.7. The normalized spacial score (nSPS) is 10.6. The summed E-state index contributed by atoms with van der Waals surface area (Å²) in [6, 6.07) is 11.7. The molecule has 3 aromatic rings. The monoisotopic (exact) mass is 320 g/mol. The van der Waals surface area contributed by atoms with Gasteiger partial charge in [-0.25, -0.2) is 0 Å². The Bertz CT molecular complexity index is 852. The standard InChI is InChI=1S/C19H20N4O/c1-4-15-10-17(23-11-20-21-12-23)9-14(3)18(15)22-19(24)16-7-5-13(2)6-8-16/h5-12H,4H2,1-3H3,(H,22,24). The number of nitrogens with one attached hydrogen (secondary N) is 1. The highest BCUT2D eigenvalue weighted by molar-refractivity contribution is 6.05. The van der Waals surface area contributed by atoms with Crippen molar-refractivity contribution in [2.75, 3.05) is 5.32 Å². The Morgan fingerprint density at radius 3 is 2.38 bits per heavy atom. The van der Waals surface area contributed by atoms with E-state index in [1.165, 1.54) is 0 Å². The number of hydrogen-bond acceptors (Lipinski definition) is 3. The predicted octanol–water partition coefficient (Wildman–Crippen LogP) is 3.70. The molecule has 122 valence electrons. The van der Waals surface area contributed by atoms with Crippen LogP contribution in [0.2, 0.25) is 0 Å². The summed E-state index contributed by atoms with van der Waals surface area (Å²) in [6.45, 7) is 6.08. The van der Waals surface area contributed by atoms with Gasteiger partial charge >= 0.3 is 0 Å². The van der Waals surface area contributed by atoms with E-state index < -0.39 is 0 Å². The minimum atomic E-state index is -0.0927. The van der Waals surface area contributed by atoms with E-state index in [0.717, 1.165) is 34.5 Å². The van der Waals surface area contributed by atoms with Crippen LogP contribution in [0.25, 0.3) is 5.69 Å². The topological polar surface area (TPSA) is 59.8 Å². The maximum Gasteiger partial charge on any atom is 0.255 e. The van der Waals surface area contributed by atoms with Gasteiger partial charge in [0.2, 0.25) is 0 Å². The fourth-order valence-corrected chi connectivity index (χ4v) is 2.67. The summed E-state index contributed by atoms with van der Waals surface area (Å²) in [4.78, 5) is 12.5. The largest absolute Gasteiger partial charge is 0.321 e. The smallest absolute Gasteiger partial charge is 0.255 e. The van der Waals surface area contributed by atoms with E-state index in [9.17, 15) is 4.79 Å². The molecule has 1 N–H and O–H groups in total. The lowest BCUT2D eigenvalue weighted by Gasteiger charge is -2.15. The van der Waals surface area contributed by atoms with Crippen molar-refractivity contribution in [2.45, 2.75) is 27.2 Å². The molecule has 0 fully saturated rings. The molecule has 0 atom stereocenters. The van der Waals surface area contributed by atoms with E-state index >= 15 is 0 Å². The van der Waals surface area contributed by atoms with Crippen LogP contribution in [0.4, 0.5) is 5.69 Å². The molecule has 1 amide bonds. The number of carbonyl (C=O) groups excluding carboxylic acids is 1. The Morgan fingerprint density at radius 1 is 1.08 bits per heavy atom. The summed E-state index contributed by atoms with van der Waals surface area (Å²) in [5.41, 5.74) is 5.75. The number of anilines is 1. The molecule has 3 rings (SSSR count). The molecule has 24 heavy (non-hydrogen) atoms. The molecule has 0 aliphatic heterocycles. The molecular formula is C19H20N4O. The molecular weight excluding hydrogens is 300 g/mol. The minimum Gasteiger partial charge on any atom is -0.321 e. The maximum absolute atomic E-state index is 12.5. The first kappa shape index (κ1) is 15.9. The van der Waals surface area contributed by atoms with E-state index in [4.69, 9.17) is 0 Å². The van der Waals surface area contributed by atoms with Crippen molar-refractivity contribution < 1.29 is 4.79 Å². The summed E-state index contributed by atoms with van der Waals surface area (Å²) < 4.78 is 1.86. The van der Waals surface area contributed by atoms with Gasteiger partial charge in [-0.1, -0.05) is 24.6 Å². The minimum absolute atomic E-state index is 0.0927. The summed E-state index contributed by atoms with van der Waals surface area (Å²) in [6.07, 6.45) is 4.15. The average Bonchev–Trinajstić information content (AvgIpc) is 3.11. The highest BCUT2D eigenvalue weighted by Crippen LogP contribution is 2.26. The van der Waals surface area contributed by atoms with Gasteiger partial charge in [-0.15, -0.1) is 10.2 Å². The van der Waals surface area contributed by atoms with Crippen LogP contribution < -0.4 is 5.32 Å². The second-order valence-electron chi connectivity index (χ2n) is 5.84. The first-order valence-corrected chi connectivity index (χ1v) is 7.95. The highest BCUT2D eigenvalue weighted by atomic mass is 16.1. The third kappa shape index (κ3) is 3.20. The van der Waals surface area contributed by atoms with Crippen molar-refractivity contribution in [3.8, 4) is 5.69 Å². The van der Waals surface area contributed by atoms with Gasteiger partial charge in [0, 0.05) is 16.9 Å². The molecule has 0 saturated carbocycles. The van der Waals surface area contributed by atoms with Crippen LogP contribution in [-0.4, -0.2) is 20.7 Å².